The van der Waals surface area contributed by atoms with E-state index in [1.807, 2.05) is 23.1 Å². The van der Waals surface area contributed by atoms with E-state index in [0.717, 1.165) is 62.1 Å². The van der Waals surface area contributed by atoms with E-state index in [9.17, 15) is 13.2 Å². The van der Waals surface area contributed by atoms with E-state index < -0.39 is 9.84 Å². The third-order valence-electron chi connectivity index (χ3n) is 7.11. The van der Waals surface area contributed by atoms with Crippen molar-refractivity contribution in [2.24, 2.45) is 0 Å². The summed E-state index contributed by atoms with van der Waals surface area (Å²) in [6.07, 6.45) is 9.09. The monoisotopic (exact) mass is 452 g/mol. The van der Waals surface area contributed by atoms with E-state index in [4.69, 9.17) is 11.6 Å². The molecule has 1 saturated carbocycles. The lowest BCUT2D eigenvalue weighted by molar-refractivity contribution is -0.138. The van der Waals surface area contributed by atoms with Crippen LogP contribution in [0.15, 0.2) is 24.3 Å². The largest absolute Gasteiger partial charge is 0.335 e. The Hall–Kier alpha value is -1.11. The number of hydrogen-bond acceptors (Lipinski definition) is 4. The van der Waals surface area contributed by atoms with Gasteiger partial charge in [-0.25, -0.2) is 8.42 Å². The molecule has 3 aliphatic rings. The van der Waals surface area contributed by atoms with Gasteiger partial charge >= 0.3 is 0 Å². The van der Waals surface area contributed by atoms with E-state index in [1.54, 1.807) is 0 Å². The SMILES string of the molecule is O=C(CN1CCC[C@@H]1Cc1ccccc1Cl)N(C1CCCCC1)[C@H]1CCS(=O)(=O)C1. The summed E-state index contributed by atoms with van der Waals surface area (Å²) in [6, 6.07) is 8.32. The van der Waals surface area contributed by atoms with Crippen molar-refractivity contribution >= 4 is 27.3 Å². The number of carbonyl (C=O) groups is 1. The van der Waals surface area contributed by atoms with Gasteiger partial charge in [0.15, 0.2) is 9.84 Å². The first-order valence-corrected chi connectivity index (χ1v) is 13.6. The topological polar surface area (TPSA) is 57.7 Å². The summed E-state index contributed by atoms with van der Waals surface area (Å²) in [4.78, 5) is 17.8. The molecule has 0 unspecified atom stereocenters. The number of rotatable bonds is 6. The number of hydrogen-bond donors (Lipinski definition) is 0. The molecule has 0 radical (unpaired) electrons. The van der Waals surface area contributed by atoms with Crippen molar-refractivity contribution in [2.75, 3.05) is 24.6 Å². The maximum atomic E-state index is 13.5. The first-order chi connectivity index (χ1) is 14.4. The summed E-state index contributed by atoms with van der Waals surface area (Å²) in [5, 5.41) is 0.788. The molecule has 2 aliphatic heterocycles. The van der Waals surface area contributed by atoms with Crippen LogP contribution in [-0.4, -0.2) is 66.8 Å². The Balaban J connectivity index is 1.46. The van der Waals surface area contributed by atoms with E-state index in [-0.39, 0.29) is 29.5 Å². The summed E-state index contributed by atoms with van der Waals surface area (Å²) >= 11 is 6.37. The van der Waals surface area contributed by atoms with Gasteiger partial charge in [-0.1, -0.05) is 49.1 Å². The number of nitrogens with zero attached hydrogens (tertiary/aromatic N) is 2. The Labute approximate surface area is 185 Å². The van der Waals surface area contributed by atoms with Crippen LogP contribution in [0, 0.1) is 0 Å². The second-order valence-electron chi connectivity index (χ2n) is 9.21. The molecule has 0 aromatic heterocycles. The van der Waals surface area contributed by atoms with Gasteiger partial charge in [-0.05, 0) is 56.7 Å². The first-order valence-electron chi connectivity index (χ1n) is 11.4. The zero-order valence-corrected chi connectivity index (χ0v) is 19.2. The number of carbonyl (C=O) groups excluding carboxylic acids is 1. The van der Waals surface area contributed by atoms with Crippen LogP contribution in [0.2, 0.25) is 5.02 Å². The molecule has 7 heteroatoms. The Kier molecular flexibility index (Phi) is 7.05. The molecule has 2 atom stereocenters. The van der Waals surface area contributed by atoms with Gasteiger partial charge in [-0.3, -0.25) is 9.69 Å². The third kappa shape index (κ3) is 5.20. The number of amides is 1. The number of sulfone groups is 1. The van der Waals surface area contributed by atoms with Gasteiger partial charge in [0.2, 0.25) is 5.91 Å². The third-order valence-corrected chi connectivity index (χ3v) is 9.23. The molecule has 2 saturated heterocycles. The predicted octanol–water partition coefficient (Wildman–Crippen LogP) is 3.70. The molecule has 1 aliphatic carbocycles. The Morgan fingerprint density at radius 1 is 1.03 bits per heavy atom. The fraction of sp³-hybridized carbons (Fsp3) is 0.696. The molecule has 2 heterocycles. The minimum absolute atomic E-state index is 0.120. The van der Waals surface area contributed by atoms with Crippen molar-refractivity contribution in [2.45, 2.75) is 75.9 Å². The number of benzene rings is 1. The van der Waals surface area contributed by atoms with E-state index in [0.29, 0.717) is 19.0 Å². The van der Waals surface area contributed by atoms with E-state index in [1.165, 1.54) is 6.42 Å². The zero-order valence-electron chi connectivity index (χ0n) is 17.6. The van der Waals surface area contributed by atoms with Crippen molar-refractivity contribution in [3.05, 3.63) is 34.9 Å². The van der Waals surface area contributed by atoms with Crippen LogP contribution in [-0.2, 0) is 21.1 Å². The Bertz CT molecular complexity index is 854. The highest BCUT2D eigenvalue weighted by Crippen LogP contribution is 2.30. The van der Waals surface area contributed by atoms with Gasteiger partial charge in [0.1, 0.15) is 0 Å². The van der Waals surface area contributed by atoms with Gasteiger partial charge < -0.3 is 4.90 Å². The molecule has 166 valence electrons. The lowest BCUT2D eigenvalue weighted by Gasteiger charge is -2.39. The number of halogens is 1. The fourth-order valence-electron chi connectivity index (χ4n) is 5.57. The Morgan fingerprint density at radius 3 is 2.50 bits per heavy atom. The summed E-state index contributed by atoms with van der Waals surface area (Å²) in [5.41, 5.74) is 1.13. The van der Waals surface area contributed by atoms with Crippen LogP contribution in [0.4, 0.5) is 0 Å². The average molecular weight is 453 g/mol. The highest BCUT2D eigenvalue weighted by molar-refractivity contribution is 7.91. The highest BCUT2D eigenvalue weighted by atomic mass is 35.5. The number of likely N-dealkylation sites (tertiary alicyclic amines) is 1. The van der Waals surface area contributed by atoms with Crippen LogP contribution in [0.1, 0.15) is 56.9 Å². The van der Waals surface area contributed by atoms with Crippen LogP contribution in [0.5, 0.6) is 0 Å². The smallest absolute Gasteiger partial charge is 0.237 e. The second-order valence-corrected chi connectivity index (χ2v) is 11.8. The lowest BCUT2D eigenvalue weighted by atomic mass is 9.92. The summed E-state index contributed by atoms with van der Waals surface area (Å²) in [6.45, 7) is 1.31. The summed E-state index contributed by atoms with van der Waals surface area (Å²) < 4.78 is 24.2. The predicted molar refractivity (Wildman–Crippen MR) is 121 cm³/mol. The average Bonchev–Trinajstić information content (AvgIpc) is 3.30. The molecule has 5 nitrogen and oxygen atoms in total. The van der Waals surface area contributed by atoms with E-state index in [2.05, 4.69) is 11.0 Å². The minimum Gasteiger partial charge on any atom is -0.335 e. The molecule has 30 heavy (non-hydrogen) atoms. The van der Waals surface area contributed by atoms with Crippen molar-refractivity contribution in [1.82, 2.24) is 9.80 Å². The second kappa shape index (κ2) is 9.58. The molecule has 0 bridgehead atoms. The van der Waals surface area contributed by atoms with Crippen LogP contribution < -0.4 is 0 Å². The van der Waals surface area contributed by atoms with Crippen LogP contribution >= 0.6 is 11.6 Å². The van der Waals surface area contributed by atoms with Crippen molar-refractivity contribution in [3.8, 4) is 0 Å². The quantitative estimate of drug-likeness (QED) is 0.660. The van der Waals surface area contributed by atoms with E-state index >= 15 is 0 Å². The molecule has 4 rings (SSSR count). The van der Waals surface area contributed by atoms with Gasteiger partial charge in [-0.2, -0.15) is 0 Å². The summed E-state index contributed by atoms with van der Waals surface area (Å²) in [5.74, 6) is 0.473. The van der Waals surface area contributed by atoms with Crippen molar-refractivity contribution in [3.63, 3.8) is 0 Å². The molecule has 1 aromatic rings. The summed E-state index contributed by atoms with van der Waals surface area (Å²) in [7, 11) is -3.02. The maximum Gasteiger partial charge on any atom is 0.237 e. The molecule has 3 fully saturated rings. The van der Waals surface area contributed by atoms with Gasteiger partial charge in [0.05, 0.1) is 18.1 Å². The standard InChI is InChI=1S/C23H33ClN2O3S/c24-22-11-5-4-7-18(22)15-20-10-6-13-25(20)16-23(27)26(19-8-2-1-3-9-19)21-12-14-30(28,29)17-21/h4-5,7,11,19-21H,1-3,6,8-10,12-17H2/t20-,21+/m1/s1. The van der Waals surface area contributed by atoms with Crippen molar-refractivity contribution < 1.29 is 13.2 Å². The minimum atomic E-state index is -3.02. The maximum absolute atomic E-state index is 13.5. The molecular weight excluding hydrogens is 420 g/mol. The molecular formula is C23H33ClN2O3S. The van der Waals surface area contributed by atoms with Crippen molar-refractivity contribution in [1.29, 1.82) is 0 Å². The fourth-order valence-corrected chi connectivity index (χ4v) is 7.49. The molecule has 1 amide bonds. The first kappa shape index (κ1) is 22.1. The Morgan fingerprint density at radius 2 is 1.80 bits per heavy atom. The molecule has 0 N–H and O–H groups in total. The van der Waals surface area contributed by atoms with Crippen LogP contribution in [0.3, 0.4) is 0 Å². The normalized spacial score (nSPS) is 27.4. The van der Waals surface area contributed by atoms with Gasteiger partial charge in [0, 0.05) is 23.1 Å². The van der Waals surface area contributed by atoms with Gasteiger partial charge in [0.25, 0.3) is 0 Å². The van der Waals surface area contributed by atoms with Gasteiger partial charge in [-0.15, -0.1) is 0 Å². The van der Waals surface area contributed by atoms with Crippen LogP contribution in [0.25, 0.3) is 0 Å². The molecule has 1 aromatic carbocycles. The lowest BCUT2D eigenvalue weighted by Crippen LogP contribution is -2.52. The highest BCUT2D eigenvalue weighted by Gasteiger charge is 2.39. The zero-order chi connectivity index (χ0) is 21.1. The molecule has 0 spiro atoms.